The lowest BCUT2D eigenvalue weighted by atomic mass is 9.88. The van der Waals surface area contributed by atoms with Crippen LogP contribution in [0.1, 0.15) is 19.6 Å². The van der Waals surface area contributed by atoms with Crippen LogP contribution in [0, 0.1) is 0 Å². The van der Waals surface area contributed by atoms with Crippen molar-refractivity contribution in [3.63, 3.8) is 0 Å². The molecule has 21 heteroatoms. The molecule has 40 heavy (non-hydrogen) atoms. The summed E-state index contributed by atoms with van der Waals surface area (Å²) in [6, 6.07) is -0.445. The average Bonchev–Trinajstić information content (AvgIpc) is 3.11. The number of carboxylic acid groups (broad SMARTS) is 1. The number of rotatable bonds is 10. The van der Waals surface area contributed by atoms with E-state index in [2.05, 4.69) is 10.3 Å². The minimum absolute atomic E-state index is 0.181. The molecule has 2 fully saturated rings. The molecular formula is C19H29N4O16P. The molecule has 20 nitrogen and oxygen atoms in total. The molecule has 0 aromatic carbocycles. The largest absolute Gasteiger partial charge is 0.477 e. The van der Waals surface area contributed by atoms with Crippen LogP contribution in [0.2, 0.25) is 0 Å². The lowest BCUT2D eigenvalue weighted by Gasteiger charge is -2.46. The second-order valence-electron chi connectivity index (χ2n) is 8.96. The lowest BCUT2D eigenvalue weighted by Crippen LogP contribution is -2.67. The van der Waals surface area contributed by atoms with Crippen molar-refractivity contribution in [1.29, 1.82) is 0 Å². The molecule has 0 aliphatic carbocycles. The normalized spacial score (nSPS) is 35.5. The monoisotopic (exact) mass is 600 g/mol. The van der Waals surface area contributed by atoms with Crippen LogP contribution in [-0.2, 0) is 32.7 Å². The lowest BCUT2D eigenvalue weighted by molar-refractivity contribution is -0.290. The van der Waals surface area contributed by atoms with Gasteiger partial charge in [-0.1, -0.05) is 0 Å². The van der Waals surface area contributed by atoms with Crippen molar-refractivity contribution in [2.24, 2.45) is 0 Å². The Hall–Kier alpha value is -2.59. The topological polar surface area (TPSA) is 323 Å². The van der Waals surface area contributed by atoms with E-state index < -0.39 is 99.4 Å². The highest BCUT2D eigenvalue weighted by atomic mass is 31.2. The van der Waals surface area contributed by atoms with Gasteiger partial charge in [0, 0.05) is 19.5 Å². The zero-order valence-corrected chi connectivity index (χ0v) is 21.4. The van der Waals surface area contributed by atoms with Crippen LogP contribution in [0.15, 0.2) is 17.1 Å². The van der Waals surface area contributed by atoms with Gasteiger partial charge in [0.1, 0.15) is 36.3 Å². The molecule has 11 N–H and O–H groups in total. The summed E-state index contributed by atoms with van der Waals surface area (Å²) in [5.74, 6) is -6.37. The van der Waals surface area contributed by atoms with Gasteiger partial charge in [0.25, 0.3) is 5.79 Å². The molecule has 2 saturated heterocycles. The number of aromatic nitrogens is 2. The molecule has 0 saturated carbocycles. The standard InChI is InChI=1S/C19H29N4O16P/c1-6(25)21-10-7(26)4-19(17(31)32,37-14(10)11(28)8(27)5-24)39-40(34,35)38-16-13(30)12(29)15(36-16)23-3-2-9(20)22-18(23)33/h2-3,7-8,10-16,24,26-30H,4-5H2,1H3,(H,21,25)(H,31,32)(H,34,35)(H2,20,22,33)/t7-,8+,10+,11+,12+,13-,14+,15+,16+,19+/m0/s1. The Morgan fingerprint density at radius 2 is 1.98 bits per heavy atom. The maximum Gasteiger partial charge on any atom is 0.477 e. The van der Waals surface area contributed by atoms with E-state index in [0.29, 0.717) is 4.57 Å². The fourth-order valence-corrected chi connectivity index (χ4v) is 5.17. The van der Waals surface area contributed by atoms with E-state index in [0.717, 1.165) is 19.2 Å². The molecule has 226 valence electrons. The summed E-state index contributed by atoms with van der Waals surface area (Å²) < 4.78 is 33.4. The number of nitrogens with one attached hydrogen (secondary N) is 1. The number of ether oxygens (including phenoxy) is 2. The molecule has 0 spiro atoms. The molecule has 0 bridgehead atoms. The van der Waals surface area contributed by atoms with Gasteiger partial charge in [0.2, 0.25) is 5.91 Å². The molecule has 0 radical (unpaired) electrons. The smallest absolute Gasteiger partial charge is 0.477 e. The first-order chi connectivity index (χ1) is 18.5. The molecule has 2 aliphatic heterocycles. The van der Waals surface area contributed by atoms with E-state index in [-0.39, 0.29) is 5.82 Å². The molecular weight excluding hydrogens is 571 g/mol. The number of aliphatic hydroxyl groups excluding tert-OH is 6. The predicted molar refractivity (Wildman–Crippen MR) is 123 cm³/mol. The van der Waals surface area contributed by atoms with Gasteiger partial charge in [-0.05, 0) is 6.07 Å². The molecule has 11 atom stereocenters. The molecule has 1 aromatic heterocycles. The first-order valence-electron chi connectivity index (χ1n) is 11.4. The highest BCUT2D eigenvalue weighted by Gasteiger charge is 2.59. The second-order valence-corrected chi connectivity index (χ2v) is 10.3. The summed E-state index contributed by atoms with van der Waals surface area (Å²) >= 11 is 0. The second kappa shape index (κ2) is 12.1. The third-order valence-corrected chi connectivity index (χ3v) is 7.01. The van der Waals surface area contributed by atoms with E-state index >= 15 is 0 Å². The maximum absolute atomic E-state index is 12.9. The van der Waals surface area contributed by atoms with E-state index in [1.54, 1.807) is 0 Å². The van der Waals surface area contributed by atoms with E-state index in [4.69, 9.17) is 24.3 Å². The molecule has 3 rings (SSSR count). The fourth-order valence-electron chi connectivity index (χ4n) is 4.12. The zero-order chi connectivity index (χ0) is 30.2. The summed E-state index contributed by atoms with van der Waals surface area (Å²) in [4.78, 5) is 49.6. The van der Waals surface area contributed by atoms with E-state index in [1.165, 1.54) is 0 Å². The van der Waals surface area contributed by atoms with Gasteiger partial charge in [-0.2, -0.15) is 4.98 Å². The number of phosphoric acid groups is 1. The van der Waals surface area contributed by atoms with Gasteiger partial charge in [-0.3, -0.25) is 13.9 Å². The van der Waals surface area contributed by atoms with E-state index in [9.17, 15) is 59.6 Å². The summed E-state index contributed by atoms with van der Waals surface area (Å²) in [7, 11) is -5.71. The number of nitrogen functional groups attached to an aromatic ring is 1. The number of anilines is 1. The van der Waals surface area contributed by atoms with Crippen molar-refractivity contribution in [3.8, 4) is 0 Å². The quantitative estimate of drug-likeness (QED) is 0.112. The number of hydrogen-bond acceptors (Lipinski definition) is 16. The Kier molecular flexibility index (Phi) is 9.66. The van der Waals surface area contributed by atoms with Crippen molar-refractivity contribution in [2.45, 2.75) is 74.3 Å². The molecule has 2 aliphatic rings. The van der Waals surface area contributed by atoms with Gasteiger partial charge >= 0.3 is 19.5 Å². The van der Waals surface area contributed by atoms with Crippen LogP contribution in [0.25, 0.3) is 0 Å². The molecule has 3 heterocycles. The Morgan fingerprint density at radius 3 is 2.52 bits per heavy atom. The van der Waals surface area contributed by atoms with Gasteiger partial charge in [0.05, 0.1) is 18.8 Å². The number of amides is 1. The highest BCUT2D eigenvalue weighted by molar-refractivity contribution is 7.47. The van der Waals surface area contributed by atoms with Gasteiger partial charge < -0.3 is 61.2 Å². The summed E-state index contributed by atoms with van der Waals surface area (Å²) in [6.45, 7) is -0.0630. The van der Waals surface area contributed by atoms with Crippen LogP contribution in [0.5, 0.6) is 0 Å². The number of aliphatic hydroxyl groups is 6. The van der Waals surface area contributed by atoms with Crippen LogP contribution in [0.4, 0.5) is 5.82 Å². The number of phosphoric ester groups is 1. The number of nitrogens with two attached hydrogens (primary N) is 1. The minimum Gasteiger partial charge on any atom is -0.477 e. The molecule has 1 amide bonds. The Bertz CT molecular complexity index is 1200. The highest BCUT2D eigenvalue weighted by Crippen LogP contribution is 2.53. The summed E-state index contributed by atoms with van der Waals surface area (Å²) in [6.07, 6.45) is -16.2. The molecule has 1 unspecified atom stereocenters. The Labute approximate surface area is 223 Å². The summed E-state index contributed by atoms with van der Waals surface area (Å²) in [5, 5.41) is 72.6. The number of carboxylic acids is 1. The number of hydrogen-bond donors (Lipinski definition) is 10. The van der Waals surface area contributed by atoms with Crippen molar-refractivity contribution in [3.05, 3.63) is 22.7 Å². The number of nitrogens with zero attached hydrogens (tertiary/aromatic N) is 2. The van der Waals surface area contributed by atoms with Gasteiger partial charge in [-0.15, -0.1) is 0 Å². The molecule has 1 aromatic rings. The summed E-state index contributed by atoms with van der Waals surface area (Å²) in [5.41, 5.74) is 4.36. The van der Waals surface area contributed by atoms with Crippen LogP contribution < -0.4 is 16.7 Å². The Balaban J connectivity index is 1.86. The van der Waals surface area contributed by atoms with Crippen molar-refractivity contribution in [2.75, 3.05) is 12.3 Å². The van der Waals surface area contributed by atoms with Crippen molar-refractivity contribution in [1.82, 2.24) is 14.9 Å². The first kappa shape index (κ1) is 31.9. The fraction of sp³-hybridized carbons (Fsp3) is 0.684. The zero-order valence-electron chi connectivity index (χ0n) is 20.5. The number of carbonyl (C=O) groups is 2. The maximum atomic E-state index is 12.9. The van der Waals surface area contributed by atoms with Crippen LogP contribution in [-0.4, -0.2) is 123 Å². The minimum atomic E-state index is -5.71. The average molecular weight is 600 g/mol. The van der Waals surface area contributed by atoms with E-state index in [1.807, 2.05) is 0 Å². The van der Waals surface area contributed by atoms with Crippen LogP contribution in [0.3, 0.4) is 0 Å². The number of aliphatic carboxylic acids is 1. The SMILES string of the molecule is CC(=O)N[C@H]1[C@H]([C@H](O)[C@H](O)CO)O[C@](OP(=O)(O)O[C@H]2O[C@@H](n3ccc(N)nc3=O)[C@H](O)[C@@H]2O)(C(=O)O)C[C@@H]1O. The van der Waals surface area contributed by atoms with Gasteiger partial charge in [-0.25, -0.2) is 18.7 Å². The van der Waals surface area contributed by atoms with Crippen LogP contribution >= 0.6 is 7.82 Å². The third kappa shape index (κ3) is 6.65. The first-order valence-corrected chi connectivity index (χ1v) is 12.9. The van der Waals surface area contributed by atoms with Crippen molar-refractivity contribution < 1.29 is 73.3 Å². The predicted octanol–water partition coefficient (Wildman–Crippen LogP) is -5.31. The van der Waals surface area contributed by atoms with Gasteiger partial charge in [0.15, 0.2) is 12.5 Å². The number of carbonyl (C=O) groups excluding carboxylic acids is 1. The Morgan fingerprint density at radius 1 is 1.32 bits per heavy atom. The third-order valence-electron chi connectivity index (χ3n) is 6.01. The van der Waals surface area contributed by atoms with Crippen molar-refractivity contribution >= 4 is 25.5 Å².